The molecule has 3 heterocycles. The number of rotatable bonds is 24. The molecule has 0 aliphatic rings. The largest absolute Gasteiger partial charge is 0.493 e. The van der Waals surface area contributed by atoms with E-state index in [0.29, 0.717) is 53.8 Å². The fourth-order valence-corrected chi connectivity index (χ4v) is 6.81. The Morgan fingerprint density at radius 1 is 0.397 bits per heavy atom. The standard InChI is InChI=1S/C48H51F3N6O6/c1-4-7-10-13-22-58-34-16-19-37(40(49)28-34)43-52-46(61-55-43)31-25-32(47-53-44(56-62-47)38-20-17-35(29-41(38)50)59-23-14-11-8-5-2)27-33(26-31)48-54-45(57-63-48)39-21-18-36(30-42(39)51)60-24-15-12-9-6-3/h16-21,25-30H,4-15,22-24H2,1-3H3. The van der Waals surface area contributed by atoms with Crippen molar-refractivity contribution in [2.75, 3.05) is 19.8 Å². The third-order valence-electron chi connectivity index (χ3n) is 10.3. The Labute approximate surface area is 364 Å². The highest BCUT2D eigenvalue weighted by Crippen LogP contribution is 2.35. The summed E-state index contributed by atoms with van der Waals surface area (Å²) >= 11 is 0. The topological polar surface area (TPSA) is 144 Å². The number of benzene rings is 4. The minimum atomic E-state index is -0.586. The number of hydrogen-bond donors (Lipinski definition) is 0. The van der Waals surface area contributed by atoms with Crippen LogP contribution in [-0.2, 0) is 0 Å². The SMILES string of the molecule is CCCCCCOc1ccc(-c2noc(-c3cc(-c4nc(-c5ccc(OCCCCCC)cc5F)no4)cc(-c4nc(-c5ccc(OCCCCCC)cc5F)no4)c3)n2)c(F)c1. The van der Waals surface area contributed by atoms with Crippen LogP contribution in [0.25, 0.3) is 68.5 Å². The van der Waals surface area contributed by atoms with Gasteiger partial charge in [-0.15, -0.1) is 0 Å². The van der Waals surface area contributed by atoms with E-state index in [1.54, 1.807) is 36.4 Å². The van der Waals surface area contributed by atoms with Crippen molar-refractivity contribution in [2.24, 2.45) is 0 Å². The van der Waals surface area contributed by atoms with E-state index in [4.69, 9.17) is 27.8 Å². The summed E-state index contributed by atoms with van der Waals surface area (Å²) < 4.78 is 80.4. The molecule has 0 saturated carbocycles. The smallest absolute Gasteiger partial charge is 0.258 e. The van der Waals surface area contributed by atoms with Crippen LogP contribution in [0, 0.1) is 17.5 Å². The third-order valence-corrected chi connectivity index (χ3v) is 10.3. The molecule has 0 unspecified atom stereocenters. The number of unbranched alkanes of at least 4 members (excludes halogenated alkanes) is 9. The summed E-state index contributed by atoms with van der Waals surface area (Å²) in [6.07, 6.45) is 12.4. The molecule has 7 rings (SSSR count). The summed E-state index contributed by atoms with van der Waals surface area (Å²) in [5, 5.41) is 12.2. The molecule has 0 aliphatic carbocycles. The molecule has 3 aromatic heterocycles. The maximum absolute atomic E-state index is 15.4. The Bertz CT molecular complexity index is 2270. The molecule has 0 bridgehead atoms. The van der Waals surface area contributed by atoms with Gasteiger partial charge < -0.3 is 27.8 Å². The molecule has 0 N–H and O–H groups in total. The minimum absolute atomic E-state index is 0.00294. The number of nitrogens with zero attached hydrogens (tertiary/aromatic N) is 6. The number of halogens is 3. The van der Waals surface area contributed by atoms with Crippen molar-refractivity contribution in [1.82, 2.24) is 30.4 Å². The van der Waals surface area contributed by atoms with Crippen molar-refractivity contribution in [3.8, 4) is 85.8 Å². The second-order valence-electron chi connectivity index (χ2n) is 15.2. The minimum Gasteiger partial charge on any atom is -0.493 e. The highest BCUT2D eigenvalue weighted by molar-refractivity contribution is 5.75. The number of ether oxygens (including phenoxy) is 3. The zero-order valence-electron chi connectivity index (χ0n) is 35.8. The van der Waals surface area contributed by atoms with Crippen LogP contribution in [0.5, 0.6) is 17.2 Å². The summed E-state index contributed by atoms with van der Waals surface area (Å²) in [4.78, 5) is 13.5. The number of aromatic nitrogens is 6. The number of hydrogen-bond acceptors (Lipinski definition) is 12. The average Bonchev–Trinajstić information content (AvgIpc) is 4.09. The zero-order valence-corrected chi connectivity index (χ0v) is 35.8. The molecule has 330 valence electrons. The first-order valence-corrected chi connectivity index (χ1v) is 21.8. The van der Waals surface area contributed by atoms with Gasteiger partial charge in [-0.2, -0.15) is 15.0 Å². The van der Waals surface area contributed by atoms with Gasteiger partial charge in [0.1, 0.15) is 34.7 Å². The van der Waals surface area contributed by atoms with Crippen molar-refractivity contribution in [1.29, 1.82) is 0 Å². The van der Waals surface area contributed by atoms with Crippen molar-refractivity contribution in [3.63, 3.8) is 0 Å². The molecule has 0 atom stereocenters. The monoisotopic (exact) mass is 864 g/mol. The van der Waals surface area contributed by atoms with Gasteiger partial charge in [0.2, 0.25) is 17.5 Å². The van der Waals surface area contributed by atoms with Gasteiger partial charge >= 0.3 is 0 Å². The Balaban J connectivity index is 1.17. The van der Waals surface area contributed by atoms with Gasteiger partial charge in [-0.25, -0.2) is 13.2 Å². The lowest BCUT2D eigenvalue weighted by molar-refractivity contribution is 0.303. The molecule has 0 spiro atoms. The fraction of sp³-hybridized carbons (Fsp3) is 0.375. The third kappa shape index (κ3) is 11.7. The van der Waals surface area contributed by atoms with Crippen LogP contribution in [-0.4, -0.2) is 50.2 Å². The molecule has 63 heavy (non-hydrogen) atoms. The Morgan fingerprint density at radius 3 is 0.968 bits per heavy atom. The van der Waals surface area contributed by atoms with Crippen LogP contribution >= 0.6 is 0 Å². The van der Waals surface area contributed by atoms with Crippen LogP contribution in [0.15, 0.2) is 86.4 Å². The second-order valence-corrected chi connectivity index (χ2v) is 15.2. The van der Waals surface area contributed by atoms with Crippen LogP contribution in [0.3, 0.4) is 0 Å². The van der Waals surface area contributed by atoms with Crippen LogP contribution in [0.4, 0.5) is 13.2 Å². The Morgan fingerprint density at radius 2 is 0.698 bits per heavy atom. The molecular weight excluding hydrogens is 814 g/mol. The van der Waals surface area contributed by atoms with E-state index in [1.807, 2.05) is 0 Å². The predicted octanol–water partition coefficient (Wildman–Crippen LogP) is 13.1. The summed E-state index contributed by atoms with van der Waals surface area (Å²) in [6.45, 7) is 7.85. The average molecular weight is 865 g/mol. The predicted molar refractivity (Wildman–Crippen MR) is 231 cm³/mol. The van der Waals surface area contributed by atoms with E-state index in [0.717, 1.165) is 77.0 Å². The van der Waals surface area contributed by atoms with Crippen molar-refractivity contribution < 1.29 is 41.0 Å². The molecule has 4 aromatic carbocycles. The van der Waals surface area contributed by atoms with Crippen LogP contribution in [0.1, 0.15) is 97.8 Å². The van der Waals surface area contributed by atoms with Crippen molar-refractivity contribution in [3.05, 3.63) is 90.2 Å². The molecule has 0 fully saturated rings. The highest BCUT2D eigenvalue weighted by Gasteiger charge is 2.22. The zero-order chi connectivity index (χ0) is 44.0. The van der Waals surface area contributed by atoms with Gasteiger partial charge in [0.15, 0.2) is 0 Å². The normalized spacial score (nSPS) is 11.3. The second kappa shape index (κ2) is 22.0. The first kappa shape index (κ1) is 44.5. The lowest BCUT2D eigenvalue weighted by Gasteiger charge is -2.07. The maximum atomic E-state index is 15.4. The maximum Gasteiger partial charge on any atom is 0.258 e. The Kier molecular flexibility index (Phi) is 15.6. The summed E-state index contributed by atoms with van der Waals surface area (Å²) in [7, 11) is 0. The summed E-state index contributed by atoms with van der Waals surface area (Å²) in [5.74, 6) is -0.540. The lowest BCUT2D eigenvalue weighted by Crippen LogP contribution is -1.98. The van der Waals surface area contributed by atoms with E-state index < -0.39 is 17.5 Å². The molecule has 12 nitrogen and oxygen atoms in total. The quantitative estimate of drug-likeness (QED) is 0.0533. The fourth-order valence-electron chi connectivity index (χ4n) is 6.81. The Hall–Kier alpha value is -6.51. The molecular formula is C48H51F3N6O6. The van der Waals surface area contributed by atoms with E-state index in [-0.39, 0.29) is 51.8 Å². The van der Waals surface area contributed by atoms with Gasteiger partial charge in [-0.1, -0.05) is 94.0 Å². The molecule has 0 radical (unpaired) electrons. The van der Waals surface area contributed by atoms with Gasteiger partial charge in [0.25, 0.3) is 17.7 Å². The van der Waals surface area contributed by atoms with Gasteiger partial charge in [-0.05, 0) is 73.9 Å². The summed E-state index contributed by atoms with van der Waals surface area (Å²) in [6, 6.07) is 18.3. The van der Waals surface area contributed by atoms with E-state index in [2.05, 4.69) is 51.2 Å². The molecule has 7 aromatic rings. The van der Waals surface area contributed by atoms with Crippen molar-refractivity contribution in [2.45, 2.75) is 97.8 Å². The molecule has 15 heteroatoms. The first-order chi connectivity index (χ1) is 30.8. The lowest BCUT2D eigenvalue weighted by atomic mass is 10.0. The van der Waals surface area contributed by atoms with E-state index in [9.17, 15) is 0 Å². The van der Waals surface area contributed by atoms with Crippen molar-refractivity contribution >= 4 is 0 Å². The first-order valence-electron chi connectivity index (χ1n) is 21.8. The summed E-state index contributed by atoms with van der Waals surface area (Å²) in [5.41, 5.74) is 1.33. The van der Waals surface area contributed by atoms with E-state index in [1.165, 1.54) is 36.4 Å². The van der Waals surface area contributed by atoms with Gasteiger partial charge in [0.05, 0.1) is 36.5 Å². The van der Waals surface area contributed by atoms with Crippen LogP contribution < -0.4 is 14.2 Å². The van der Waals surface area contributed by atoms with Gasteiger partial charge in [-0.3, -0.25) is 0 Å². The molecule has 0 aliphatic heterocycles. The van der Waals surface area contributed by atoms with E-state index >= 15 is 13.2 Å². The van der Waals surface area contributed by atoms with Crippen LogP contribution in [0.2, 0.25) is 0 Å². The highest BCUT2D eigenvalue weighted by atomic mass is 19.1. The molecule has 0 saturated heterocycles. The van der Waals surface area contributed by atoms with Gasteiger partial charge in [0, 0.05) is 34.9 Å². The molecule has 0 amide bonds.